The fraction of sp³-hybridized carbons (Fsp3) is 0.682. The standard InChI is InChI=1S/C22H34N3O2P/c1-24(2)28(25(3)4,23-21(26)16-27-20-8-6-5-7-9-20)22-13-17-10-18(14-22)12-19(11-17)15-22/h5-9,17-19H,10-16H2,1-4H3. The predicted molar refractivity (Wildman–Crippen MR) is 115 cm³/mol. The Kier molecular flexibility index (Phi) is 5.45. The topological polar surface area (TPSA) is 45.1 Å². The summed E-state index contributed by atoms with van der Waals surface area (Å²) in [7, 11) is 6.35. The third-order valence-corrected chi connectivity index (χ3v) is 11.7. The van der Waals surface area contributed by atoms with Crippen LogP contribution in [-0.4, -0.2) is 55.2 Å². The lowest BCUT2D eigenvalue weighted by Gasteiger charge is -2.62. The summed E-state index contributed by atoms with van der Waals surface area (Å²) in [5.74, 6) is 3.08. The van der Waals surface area contributed by atoms with Crippen LogP contribution in [0.4, 0.5) is 0 Å². The van der Waals surface area contributed by atoms with Crippen molar-refractivity contribution >= 4 is 13.3 Å². The van der Waals surface area contributed by atoms with Crippen molar-refractivity contribution in [1.29, 1.82) is 0 Å². The monoisotopic (exact) mass is 403 g/mol. The van der Waals surface area contributed by atoms with Crippen LogP contribution in [0.5, 0.6) is 5.75 Å². The molecule has 0 aromatic heterocycles. The van der Waals surface area contributed by atoms with Crippen molar-refractivity contribution in [1.82, 2.24) is 9.34 Å². The van der Waals surface area contributed by atoms with E-state index >= 15 is 0 Å². The average Bonchev–Trinajstić information content (AvgIpc) is 2.63. The van der Waals surface area contributed by atoms with Crippen LogP contribution in [-0.2, 0) is 4.79 Å². The number of benzene rings is 1. The maximum atomic E-state index is 13.0. The summed E-state index contributed by atoms with van der Waals surface area (Å²) >= 11 is 0. The van der Waals surface area contributed by atoms with Crippen molar-refractivity contribution in [3.63, 3.8) is 0 Å². The van der Waals surface area contributed by atoms with Crippen molar-refractivity contribution in [2.75, 3.05) is 34.8 Å². The van der Waals surface area contributed by atoms with Crippen LogP contribution in [0.15, 0.2) is 35.1 Å². The average molecular weight is 404 g/mol. The summed E-state index contributed by atoms with van der Waals surface area (Å²) in [5, 5.41) is 0.164. The summed E-state index contributed by atoms with van der Waals surface area (Å²) in [6.45, 7) is 0.0137. The Balaban J connectivity index is 1.67. The molecule has 1 aromatic rings. The van der Waals surface area contributed by atoms with Gasteiger partial charge in [-0.05, 0) is 96.6 Å². The van der Waals surface area contributed by atoms with E-state index in [9.17, 15) is 4.79 Å². The second-order valence-electron chi connectivity index (χ2n) is 9.50. The van der Waals surface area contributed by atoms with E-state index in [-0.39, 0.29) is 17.7 Å². The third-order valence-electron chi connectivity index (χ3n) is 7.11. The normalized spacial score (nSPS) is 31.4. The SMILES string of the molecule is CN(C)P(=NC(=O)COc1ccccc1)(N(C)C)C12CC3CC(CC(C3)C1)C2. The summed E-state index contributed by atoms with van der Waals surface area (Å²) in [6, 6.07) is 9.55. The molecule has 0 aliphatic heterocycles. The minimum absolute atomic E-state index is 0.0137. The first-order chi connectivity index (χ1) is 13.3. The zero-order valence-corrected chi connectivity index (χ0v) is 18.6. The summed E-state index contributed by atoms with van der Waals surface area (Å²) in [4.78, 5) is 13.0. The molecule has 0 N–H and O–H groups in total. The molecule has 0 saturated heterocycles. The van der Waals surface area contributed by atoms with Crippen molar-refractivity contribution in [3.05, 3.63) is 30.3 Å². The number of amides is 1. The summed E-state index contributed by atoms with van der Waals surface area (Å²) < 4.78 is 15.3. The molecule has 154 valence electrons. The highest BCUT2D eigenvalue weighted by molar-refractivity contribution is 7.63. The number of carbonyl (C=O) groups excluding carboxylic acids is 1. The predicted octanol–water partition coefficient (Wildman–Crippen LogP) is 4.72. The first kappa shape index (κ1) is 20.1. The maximum absolute atomic E-state index is 13.0. The van der Waals surface area contributed by atoms with E-state index in [4.69, 9.17) is 9.48 Å². The van der Waals surface area contributed by atoms with E-state index in [1.54, 1.807) is 0 Å². The lowest BCUT2D eigenvalue weighted by molar-refractivity contribution is -0.119. The van der Waals surface area contributed by atoms with E-state index in [1.807, 2.05) is 30.3 Å². The van der Waals surface area contributed by atoms with Crippen LogP contribution in [0.3, 0.4) is 0 Å². The van der Waals surface area contributed by atoms with Gasteiger partial charge in [0.05, 0.1) is 0 Å². The van der Waals surface area contributed by atoms with Gasteiger partial charge in [-0.1, -0.05) is 18.2 Å². The van der Waals surface area contributed by atoms with Crippen molar-refractivity contribution in [2.24, 2.45) is 22.5 Å². The molecule has 6 heteroatoms. The third kappa shape index (κ3) is 3.36. The molecule has 0 atom stereocenters. The molecule has 1 aromatic carbocycles. The van der Waals surface area contributed by atoms with E-state index in [0.717, 1.165) is 23.5 Å². The van der Waals surface area contributed by atoms with Gasteiger partial charge in [-0.2, -0.15) is 4.74 Å². The fourth-order valence-corrected chi connectivity index (χ4v) is 11.6. The molecule has 4 fully saturated rings. The number of rotatable bonds is 6. The molecule has 4 saturated carbocycles. The van der Waals surface area contributed by atoms with E-state index in [0.29, 0.717) is 0 Å². The van der Waals surface area contributed by atoms with Gasteiger partial charge in [0.25, 0.3) is 5.91 Å². The van der Waals surface area contributed by atoms with E-state index in [2.05, 4.69) is 37.5 Å². The molecule has 28 heavy (non-hydrogen) atoms. The summed E-state index contributed by atoms with van der Waals surface area (Å²) in [5.41, 5.74) is 0. The van der Waals surface area contributed by atoms with Crippen LogP contribution in [0, 0.1) is 17.8 Å². The van der Waals surface area contributed by atoms with E-state index < -0.39 is 7.36 Å². The fourth-order valence-electron chi connectivity index (χ4n) is 6.77. The van der Waals surface area contributed by atoms with Gasteiger partial charge in [-0.3, -0.25) is 14.1 Å². The first-order valence-electron chi connectivity index (χ1n) is 10.5. The molecule has 1 amide bonds. The molecule has 0 unspecified atom stereocenters. The zero-order valence-electron chi connectivity index (χ0n) is 17.7. The summed E-state index contributed by atoms with van der Waals surface area (Å²) in [6.07, 6.45) is 7.89. The molecular formula is C22H34N3O2P. The van der Waals surface area contributed by atoms with Crippen molar-refractivity contribution in [2.45, 2.75) is 43.7 Å². The highest BCUT2D eigenvalue weighted by Crippen LogP contribution is 2.75. The molecule has 5 rings (SSSR count). The second kappa shape index (κ2) is 7.59. The highest BCUT2D eigenvalue weighted by atomic mass is 31.2. The van der Waals surface area contributed by atoms with Crippen LogP contribution < -0.4 is 4.74 Å². The minimum Gasteiger partial charge on any atom is -0.484 e. The largest absolute Gasteiger partial charge is 0.484 e. The number of hydrogen-bond acceptors (Lipinski definition) is 2. The van der Waals surface area contributed by atoms with Crippen LogP contribution in [0.25, 0.3) is 0 Å². The minimum atomic E-state index is -2.15. The van der Waals surface area contributed by atoms with Gasteiger partial charge >= 0.3 is 0 Å². The molecular weight excluding hydrogens is 369 g/mol. The van der Waals surface area contributed by atoms with Gasteiger partial charge in [-0.25, -0.2) is 0 Å². The molecule has 4 aliphatic rings. The Morgan fingerprint density at radius 3 is 1.96 bits per heavy atom. The van der Waals surface area contributed by atoms with Gasteiger partial charge in [-0.15, -0.1) is 0 Å². The lowest BCUT2D eigenvalue weighted by Crippen LogP contribution is -2.54. The Labute approximate surface area is 169 Å². The molecule has 4 aliphatic carbocycles. The molecule has 0 radical (unpaired) electrons. The van der Waals surface area contributed by atoms with Crippen molar-refractivity contribution < 1.29 is 9.53 Å². The van der Waals surface area contributed by atoms with Crippen molar-refractivity contribution in [3.8, 4) is 5.75 Å². The number of ether oxygens (including phenoxy) is 1. The maximum Gasteiger partial charge on any atom is 0.284 e. The molecule has 0 heterocycles. The number of carbonyl (C=O) groups is 1. The zero-order chi connectivity index (χ0) is 19.9. The lowest BCUT2D eigenvalue weighted by atomic mass is 9.56. The molecule has 0 spiro atoms. The molecule has 4 bridgehead atoms. The van der Waals surface area contributed by atoms with Crippen LogP contribution in [0.2, 0.25) is 0 Å². The van der Waals surface area contributed by atoms with Crippen LogP contribution in [0.1, 0.15) is 38.5 Å². The van der Waals surface area contributed by atoms with E-state index in [1.165, 1.54) is 38.5 Å². The Morgan fingerprint density at radius 1 is 1.00 bits per heavy atom. The Bertz CT molecular complexity index is 728. The first-order valence-corrected chi connectivity index (χ1v) is 12.2. The quantitative estimate of drug-likeness (QED) is 0.645. The second-order valence-corrected chi connectivity index (χ2v) is 13.4. The van der Waals surface area contributed by atoms with Gasteiger partial charge in [0.15, 0.2) is 6.61 Å². The smallest absolute Gasteiger partial charge is 0.284 e. The van der Waals surface area contributed by atoms with Gasteiger partial charge in [0, 0.05) is 5.16 Å². The molecule has 5 nitrogen and oxygen atoms in total. The number of hydrogen-bond donors (Lipinski definition) is 0. The van der Waals surface area contributed by atoms with Gasteiger partial charge in [0.1, 0.15) is 13.1 Å². The number of nitrogens with zero attached hydrogens (tertiary/aromatic N) is 3. The van der Waals surface area contributed by atoms with Crippen LogP contribution >= 0.6 is 7.36 Å². The highest BCUT2D eigenvalue weighted by Gasteiger charge is 2.59. The van der Waals surface area contributed by atoms with Gasteiger partial charge in [0.2, 0.25) is 0 Å². The number of para-hydroxylation sites is 1. The Morgan fingerprint density at radius 2 is 1.50 bits per heavy atom. The Hall–Kier alpha value is -1.16. The van der Waals surface area contributed by atoms with Gasteiger partial charge < -0.3 is 4.74 Å².